The number of hydrogen-bond acceptors (Lipinski definition) is 2. The van der Waals surface area contributed by atoms with Gasteiger partial charge >= 0.3 is 0 Å². The molecule has 1 aliphatic rings. The van der Waals surface area contributed by atoms with Crippen LogP contribution in [0.1, 0.15) is 26.7 Å². The van der Waals surface area contributed by atoms with Crippen LogP contribution in [0.25, 0.3) is 0 Å². The molecule has 4 heteroatoms. The van der Waals surface area contributed by atoms with E-state index >= 15 is 0 Å². The molecule has 0 aliphatic carbocycles. The van der Waals surface area contributed by atoms with E-state index < -0.39 is 11.6 Å². The fourth-order valence-electron chi connectivity index (χ4n) is 2.68. The number of halogens is 2. The Morgan fingerprint density at radius 3 is 2.84 bits per heavy atom. The lowest BCUT2D eigenvalue weighted by molar-refractivity contribution is 0.435. The minimum atomic E-state index is -0.520. The summed E-state index contributed by atoms with van der Waals surface area (Å²) in [6, 6.07) is 4.20. The zero-order valence-corrected chi connectivity index (χ0v) is 11.6. The highest BCUT2D eigenvalue weighted by molar-refractivity contribution is 5.48. The quantitative estimate of drug-likeness (QED) is 0.905. The normalized spacial score (nSPS) is 20.7. The lowest BCUT2D eigenvalue weighted by Gasteiger charge is -2.27. The van der Waals surface area contributed by atoms with Crippen LogP contribution in [0.2, 0.25) is 0 Å². The van der Waals surface area contributed by atoms with Crippen molar-refractivity contribution in [2.24, 2.45) is 5.92 Å². The van der Waals surface area contributed by atoms with E-state index in [1.807, 2.05) is 4.90 Å². The molecular weight excluding hydrogens is 246 g/mol. The molecule has 1 saturated heterocycles. The third-order valence-electron chi connectivity index (χ3n) is 3.48. The summed E-state index contributed by atoms with van der Waals surface area (Å²) in [5, 5.41) is 3.51. The molecule has 0 saturated carbocycles. The van der Waals surface area contributed by atoms with Gasteiger partial charge in [-0.15, -0.1) is 0 Å². The molecule has 0 aromatic heterocycles. The Kier molecular flexibility index (Phi) is 4.75. The standard InChI is InChI=1S/C15H22F2N2/c1-11(2)8-13-10-19(7-3-6-18-13)15-5-4-12(16)9-14(15)17/h4-5,9,11,13,18H,3,6-8,10H2,1-2H3. The first kappa shape index (κ1) is 14.3. The second-order valence-corrected chi connectivity index (χ2v) is 5.68. The van der Waals surface area contributed by atoms with E-state index in [2.05, 4.69) is 19.2 Å². The van der Waals surface area contributed by atoms with E-state index in [1.165, 1.54) is 6.07 Å². The zero-order chi connectivity index (χ0) is 13.8. The minimum absolute atomic E-state index is 0.368. The SMILES string of the molecule is CC(C)CC1CN(c2ccc(F)cc2F)CCCN1. The van der Waals surface area contributed by atoms with Crippen molar-refractivity contribution < 1.29 is 8.78 Å². The summed E-state index contributed by atoms with van der Waals surface area (Å²) in [6.07, 6.45) is 2.05. The summed E-state index contributed by atoms with van der Waals surface area (Å²) in [4.78, 5) is 2.03. The third kappa shape index (κ3) is 3.90. The van der Waals surface area contributed by atoms with E-state index in [1.54, 1.807) is 6.07 Å². The molecule has 0 amide bonds. The molecule has 1 aliphatic heterocycles. The van der Waals surface area contributed by atoms with Crippen molar-refractivity contribution in [3.63, 3.8) is 0 Å². The van der Waals surface area contributed by atoms with Crippen LogP contribution >= 0.6 is 0 Å². The van der Waals surface area contributed by atoms with Crippen molar-refractivity contribution in [2.75, 3.05) is 24.5 Å². The van der Waals surface area contributed by atoms with Crippen LogP contribution in [0.3, 0.4) is 0 Å². The van der Waals surface area contributed by atoms with E-state index in [4.69, 9.17) is 0 Å². The average molecular weight is 268 g/mol. The first-order valence-electron chi connectivity index (χ1n) is 6.99. The molecule has 19 heavy (non-hydrogen) atoms. The Bertz CT molecular complexity index is 421. The van der Waals surface area contributed by atoms with Crippen LogP contribution < -0.4 is 10.2 Å². The van der Waals surface area contributed by atoms with Gasteiger partial charge in [-0.2, -0.15) is 0 Å². The van der Waals surface area contributed by atoms with Crippen molar-refractivity contribution in [3.05, 3.63) is 29.8 Å². The Morgan fingerprint density at radius 1 is 1.37 bits per heavy atom. The number of nitrogens with one attached hydrogen (secondary N) is 1. The lowest BCUT2D eigenvalue weighted by atomic mass is 10.0. The van der Waals surface area contributed by atoms with Gasteiger partial charge in [-0.05, 0) is 37.4 Å². The van der Waals surface area contributed by atoms with Crippen molar-refractivity contribution in [2.45, 2.75) is 32.7 Å². The zero-order valence-electron chi connectivity index (χ0n) is 11.6. The predicted octanol–water partition coefficient (Wildman–Crippen LogP) is 3.18. The Balaban J connectivity index is 2.13. The van der Waals surface area contributed by atoms with Gasteiger partial charge in [0.15, 0.2) is 0 Å². The molecule has 1 N–H and O–H groups in total. The highest BCUT2D eigenvalue weighted by Gasteiger charge is 2.20. The maximum Gasteiger partial charge on any atom is 0.149 e. The Labute approximate surface area is 113 Å². The van der Waals surface area contributed by atoms with Gasteiger partial charge in [0.25, 0.3) is 0 Å². The number of anilines is 1. The highest BCUT2D eigenvalue weighted by atomic mass is 19.1. The monoisotopic (exact) mass is 268 g/mol. The van der Waals surface area contributed by atoms with Crippen LogP contribution in [0.4, 0.5) is 14.5 Å². The fourth-order valence-corrected chi connectivity index (χ4v) is 2.68. The number of nitrogens with zero attached hydrogens (tertiary/aromatic N) is 1. The largest absolute Gasteiger partial charge is 0.368 e. The summed E-state index contributed by atoms with van der Waals surface area (Å²) >= 11 is 0. The van der Waals surface area contributed by atoms with Crippen molar-refractivity contribution >= 4 is 5.69 Å². The van der Waals surface area contributed by atoms with Gasteiger partial charge in [-0.25, -0.2) is 8.78 Å². The summed E-state index contributed by atoms with van der Waals surface area (Å²) < 4.78 is 26.8. The smallest absolute Gasteiger partial charge is 0.149 e. The molecule has 1 fully saturated rings. The first-order chi connectivity index (χ1) is 9.06. The van der Waals surface area contributed by atoms with Crippen molar-refractivity contribution in [1.29, 1.82) is 0 Å². The molecule has 1 atom stereocenters. The van der Waals surface area contributed by atoms with Crippen LogP contribution in [-0.4, -0.2) is 25.7 Å². The molecule has 1 aromatic carbocycles. The van der Waals surface area contributed by atoms with Gasteiger partial charge in [0.2, 0.25) is 0 Å². The first-order valence-corrected chi connectivity index (χ1v) is 6.99. The Morgan fingerprint density at radius 2 is 2.16 bits per heavy atom. The van der Waals surface area contributed by atoms with Crippen molar-refractivity contribution in [1.82, 2.24) is 5.32 Å². The van der Waals surface area contributed by atoms with E-state index in [0.717, 1.165) is 38.5 Å². The topological polar surface area (TPSA) is 15.3 Å². The van der Waals surface area contributed by atoms with Crippen LogP contribution in [0, 0.1) is 17.6 Å². The molecule has 1 heterocycles. The van der Waals surface area contributed by atoms with E-state index in [-0.39, 0.29) is 0 Å². The van der Waals surface area contributed by atoms with Gasteiger partial charge in [0.05, 0.1) is 5.69 Å². The van der Waals surface area contributed by atoms with Crippen LogP contribution in [-0.2, 0) is 0 Å². The van der Waals surface area contributed by atoms with Crippen LogP contribution in [0.5, 0.6) is 0 Å². The summed E-state index contributed by atoms with van der Waals surface area (Å²) in [5.41, 5.74) is 0.513. The van der Waals surface area contributed by atoms with Gasteiger partial charge in [-0.1, -0.05) is 13.8 Å². The summed E-state index contributed by atoms with van der Waals surface area (Å²) in [6.45, 7) is 6.92. The molecule has 1 unspecified atom stereocenters. The predicted molar refractivity (Wildman–Crippen MR) is 74.4 cm³/mol. The molecule has 0 spiro atoms. The molecular formula is C15H22F2N2. The number of rotatable bonds is 3. The lowest BCUT2D eigenvalue weighted by Crippen LogP contribution is -2.38. The van der Waals surface area contributed by atoms with Crippen LogP contribution in [0.15, 0.2) is 18.2 Å². The molecule has 1 aromatic rings. The highest BCUT2D eigenvalue weighted by Crippen LogP contribution is 2.22. The number of benzene rings is 1. The molecule has 2 nitrogen and oxygen atoms in total. The molecule has 2 rings (SSSR count). The van der Waals surface area contributed by atoms with Gasteiger partial charge in [0.1, 0.15) is 11.6 Å². The van der Waals surface area contributed by atoms with E-state index in [0.29, 0.717) is 17.6 Å². The second kappa shape index (κ2) is 6.33. The van der Waals surface area contributed by atoms with Gasteiger partial charge in [-0.3, -0.25) is 0 Å². The Hall–Kier alpha value is -1.16. The van der Waals surface area contributed by atoms with Gasteiger partial charge in [0, 0.05) is 25.2 Å². The minimum Gasteiger partial charge on any atom is -0.368 e. The maximum atomic E-state index is 13.9. The molecule has 0 bridgehead atoms. The van der Waals surface area contributed by atoms with Gasteiger partial charge < -0.3 is 10.2 Å². The fraction of sp³-hybridized carbons (Fsp3) is 0.600. The summed E-state index contributed by atoms with van der Waals surface area (Å²) in [5.74, 6) is -0.381. The number of hydrogen-bond donors (Lipinski definition) is 1. The molecule has 106 valence electrons. The summed E-state index contributed by atoms with van der Waals surface area (Å²) in [7, 11) is 0. The third-order valence-corrected chi connectivity index (χ3v) is 3.48. The molecule has 0 radical (unpaired) electrons. The van der Waals surface area contributed by atoms with Crippen molar-refractivity contribution in [3.8, 4) is 0 Å². The maximum absolute atomic E-state index is 13.9. The second-order valence-electron chi connectivity index (χ2n) is 5.68. The average Bonchev–Trinajstić information content (AvgIpc) is 2.53. The van der Waals surface area contributed by atoms with E-state index in [9.17, 15) is 8.78 Å².